The second-order valence-corrected chi connectivity index (χ2v) is 6.49. The Morgan fingerprint density at radius 1 is 1.33 bits per heavy atom. The first-order valence-electron chi connectivity index (χ1n) is 5.87. The summed E-state index contributed by atoms with van der Waals surface area (Å²) in [5, 5.41) is 7.18. The van der Waals surface area contributed by atoms with E-state index in [4.69, 9.17) is 11.1 Å². The van der Waals surface area contributed by atoms with Crippen molar-refractivity contribution in [1.29, 1.82) is 5.41 Å². The second-order valence-electron chi connectivity index (χ2n) is 4.73. The third-order valence-electron chi connectivity index (χ3n) is 2.77. The first-order chi connectivity index (χ1) is 8.44. The molecule has 1 aliphatic carbocycles. The minimum Gasteiger partial charge on any atom is -0.387 e. The van der Waals surface area contributed by atoms with Gasteiger partial charge in [-0.3, -0.25) is 10.1 Å². The summed E-state index contributed by atoms with van der Waals surface area (Å²) < 4.78 is 26.1. The smallest absolute Gasteiger partial charge is 0.232 e. The lowest BCUT2D eigenvalue weighted by atomic mass is 10.1. The normalized spacial score (nSPS) is 15.3. The molecule has 0 radical (unpaired) electrons. The molecular formula is C12H17N3O2S. The number of amidine groups is 1. The Hall–Kier alpha value is -1.56. The van der Waals surface area contributed by atoms with Crippen molar-refractivity contribution in [3.05, 3.63) is 29.8 Å². The summed E-state index contributed by atoms with van der Waals surface area (Å²) in [5.74, 6) is 0.638. The van der Waals surface area contributed by atoms with Crippen molar-refractivity contribution in [2.24, 2.45) is 11.7 Å². The van der Waals surface area contributed by atoms with Gasteiger partial charge in [0, 0.05) is 12.1 Å². The first kappa shape index (κ1) is 12.9. The van der Waals surface area contributed by atoms with Gasteiger partial charge in [0.05, 0.1) is 11.6 Å². The molecule has 18 heavy (non-hydrogen) atoms. The van der Waals surface area contributed by atoms with Crippen LogP contribution < -0.4 is 10.5 Å². The summed E-state index contributed by atoms with van der Waals surface area (Å²) in [6.07, 6.45) is 2.41. The van der Waals surface area contributed by atoms with E-state index < -0.39 is 10.0 Å². The summed E-state index contributed by atoms with van der Waals surface area (Å²) in [4.78, 5) is 0. The van der Waals surface area contributed by atoms with Crippen LogP contribution in [0.3, 0.4) is 0 Å². The van der Waals surface area contributed by atoms with Crippen molar-refractivity contribution in [2.75, 3.05) is 10.5 Å². The topological polar surface area (TPSA) is 96.0 Å². The molecule has 0 amide bonds. The Morgan fingerprint density at radius 2 is 1.94 bits per heavy atom. The number of nitrogens with two attached hydrogens (primary N) is 1. The Bertz CT molecular complexity index is 533. The average Bonchev–Trinajstić information content (AvgIpc) is 3.03. The lowest BCUT2D eigenvalue weighted by molar-refractivity contribution is 0.597. The Kier molecular flexibility index (Phi) is 3.56. The minimum absolute atomic E-state index is 0.0945. The Labute approximate surface area is 107 Å². The Morgan fingerprint density at radius 3 is 2.44 bits per heavy atom. The van der Waals surface area contributed by atoms with E-state index in [1.807, 2.05) is 0 Å². The maximum Gasteiger partial charge on any atom is 0.232 e. The minimum atomic E-state index is -3.22. The van der Waals surface area contributed by atoms with E-state index in [0.717, 1.165) is 18.4 Å². The van der Waals surface area contributed by atoms with E-state index in [1.165, 1.54) is 0 Å². The monoisotopic (exact) mass is 267 g/mol. The molecule has 2 rings (SSSR count). The fourth-order valence-electron chi connectivity index (χ4n) is 1.73. The second kappa shape index (κ2) is 4.97. The van der Waals surface area contributed by atoms with Crippen molar-refractivity contribution in [1.82, 2.24) is 0 Å². The number of hydrogen-bond acceptors (Lipinski definition) is 3. The van der Waals surface area contributed by atoms with E-state index in [-0.39, 0.29) is 11.6 Å². The van der Waals surface area contributed by atoms with E-state index in [2.05, 4.69) is 4.72 Å². The zero-order valence-electron chi connectivity index (χ0n) is 10.0. The largest absolute Gasteiger partial charge is 0.387 e. The molecule has 1 aromatic carbocycles. The van der Waals surface area contributed by atoms with Crippen LogP contribution in [0.5, 0.6) is 0 Å². The van der Waals surface area contributed by atoms with Gasteiger partial charge in [0.25, 0.3) is 0 Å². The summed E-state index contributed by atoms with van der Waals surface area (Å²) in [5.41, 5.74) is 6.75. The van der Waals surface area contributed by atoms with Crippen LogP contribution in [0.4, 0.5) is 5.69 Å². The van der Waals surface area contributed by atoms with Gasteiger partial charge in [0.15, 0.2) is 0 Å². The number of sulfonamides is 1. The highest BCUT2D eigenvalue weighted by atomic mass is 32.2. The molecule has 0 aliphatic heterocycles. The highest BCUT2D eigenvalue weighted by molar-refractivity contribution is 7.92. The fourth-order valence-corrected chi connectivity index (χ4v) is 3.26. The maximum absolute atomic E-state index is 11.7. The fraction of sp³-hybridized carbons (Fsp3) is 0.417. The molecule has 0 saturated heterocycles. The summed E-state index contributed by atoms with van der Waals surface area (Å²) >= 11 is 0. The summed E-state index contributed by atoms with van der Waals surface area (Å²) in [6, 6.07) is 6.94. The average molecular weight is 267 g/mol. The van der Waals surface area contributed by atoms with Crippen LogP contribution in [0.2, 0.25) is 0 Å². The van der Waals surface area contributed by atoms with Gasteiger partial charge in [-0.05, 0) is 36.5 Å². The van der Waals surface area contributed by atoms with Gasteiger partial charge >= 0.3 is 0 Å². The molecule has 4 N–H and O–H groups in total. The SMILES string of the molecule is N=C(N)Cc1ccc(NS(=O)(=O)CC2CC2)cc1. The van der Waals surface area contributed by atoms with Gasteiger partial charge in [-0.25, -0.2) is 8.42 Å². The molecule has 1 aliphatic rings. The molecule has 0 unspecified atom stereocenters. The van der Waals surface area contributed by atoms with Crippen LogP contribution in [-0.4, -0.2) is 20.0 Å². The molecule has 0 heterocycles. The Balaban J connectivity index is 1.98. The highest BCUT2D eigenvalue weighted by Crippen LogP contribution is 2.30. The van der Waals surface area contributed by atoms with Gasteiger partial charge < -0.3 is 5.73 Å². The van der Waals surface area contributed by atoms with Gasteiger partial charge in [-0.15, -0.1) is 0 Å². The van der Waals surface area contributed by atoms with Crippen molar-refractivity contribution < 1.29 is 8.42 Å². The van der Waals surface area contributed by atoms with E-state index in [1.54, 1.807) is 24.3 Å². The van der Waals surface area contributed by atoms with Crippen LogP contribution in [0.25, 0.3) is 0 Å². The first-order valence-corrected chi connectivity index (χ1v) is 7.52. The van der Waals surface area contributed by atoms with Gasteiger partial charge in [0.2, 0.25) is 10.0 Å². The van der Waals surface area contributed by atoms with E-state index in [0.29, 0.717) is 18.0 Å². The van der Waals surface area contributed by atoms with Gasteiger partial charge in [-0.2, -0.15) is 0 Å². The lowest BCUT2D eigenvalue weighted by Gasteiger charge is -2.08. The zero-order chi connectivity index (χ0) is 13.2. The van der Waals surface area contributed by atoms with Crippen LogP contribution in [0, 0.1) is 11.3 Å². The number of anilines is 1. The van der Waals surface area contributed by atoms with Crippen molar-refractivity contribution in [3.8, 4) is 0 Å². The lowest BCUT2D eigenvalue weighted by Crippen LogP contribution is -2.18. The molecule has 0 aromatic heterocycles. The molecule has 1 aromatic rings. The van der Waals surface area contributed by atoms with Gasteiger partial charge in [0.1, 0.15) is 0 Å². The molecule has 5 nitrogen and oxygen atoms in total. The molecule has 0 atom stereocenters. The molecule has 1 saturated carbocycles. The summed E-state index contributed by atoms with van der Waals surface area (Å²) in [6.45, 7) is 0. The molecule has 0 bridgehead atoms. The third-order valence-corrected chi connectivity index (χ3v) is 4.23. The number of benzene rings is 1. The maximum atomic E-state index is 11.7. The third kappa shape index (κ3) is 4.03. The molecule has 6 heteroatoms. The van der Waals surface area contributed by atoms with E-state index in [9.17, 15) is 8.42 Å². The molecule has 98 valence electrons. The highest BCUT2D eigenvalue weighted by Gasteiger charge is 2.27. The number of nitrogens with one attached hydrogen (secondary N) is 2. The predicted octanol–water partition coefficient (Wildman–Crippen LogP) is 1.32. The van der Waals surface area contributed by atoms with Gasteiger partial charge in [-0.1, -0.05) is 12.1 Å². The van der Waals surface area contributed by atoms with Crippen molar-refractivity contribution in [2.45, 2.75) is 19.3 Å². The molecule has 0 spiro atoms. The number of hydrogen-bond donors (Lipinski definition) is 3. The summed E-state index contributed by atoms with van der Waals surface area (Å²) in [7, 11) is -3.22. The van der Waals surface area contributed by atoms with Crippen LogP contribution in [0.15, 0.2) is 24.3 Å². The van der Waals surface area contributed by atoms with Crippen LogP contribution >= 0.6 is 0 Å². The zero-order valence-corrected chi connectivity index (χ0v) is 10.8. The van der Waals surface area contributed by atoms with Crippen molar-refractivity contribution >= 4 is 21.5 Å². The van der Waals surface area contributed by atoms with E-state index >= 15 is 0 Å². The van der Waals surface area contributed by atoms with Crippen molar-refractivity contribution in [3.63, 3.8) is 0 Å². The number of rotatable bonds is 6. The molecule has 1 fully saturated rings. The van der Waals surface area contributed by atoms with Crippen LogP contribution in [-0.2, 0) is 16.4 Å². The predicted molar refractivity (Wildman–Crippen MR) is 72.2 cm³/mol. The van der Waals surface area contributed by atoms with Crippen LogP contribution in [0.1, 0.15) is 18.4 Å². The quantitative estimate of drug-likeness (QED) is 0.535. The standard InChI is InChI=1S/C12H17N3O2S/c13-12(14)7-9-3-5-11(6-4-9)15-18(16,17)8-10-1-2-10/h3-6,10,15H,1-2,7-8H2,(H3,13,14). The molecular weight excluding hydrogens is 250 g/mol.